The Balaban J connectivity index is 2.24. The zero-order valence-electron chi connectivity index (χ0n) is 9.64. The zero-order valence-corrected chi connectivity index (χ0v) is 12.0. The van der Waals surface area contributed by atoms with E-state index in [9.17, 15) is 0 Å². The van der Waals surface area contributed by atoms with E-state index >= 15 is 0 Å². The van der Waals surface area contributed by atoms with Crippen LogP contribution in [-0.2, 0) is 6.54 Å². The van der Waals surface area contributed by atoms with Crippen LogP contribution < -0.4 is 10.2 Å². The van der Waals surface area contributed by atoms with Crippen molar-refractivity contribution >= 4 is 38.1 Å². The molecule has 2 heterocycles. The maximum Gasteiger partial charge on any atom is 0.144 e. The smallest absolute Gasteiger partial charge is 0.144 e. The Bertz CT molecular complexity index is 500. The lowest BCUT2D eigenvalue weighted by molar-refractivity contribution is 0.757. The Morgan fingerprint density at radius 3 is 2.88 bits per heavy atom. The third-order valence-corrected chi connectivity index (χ3v) is 3.96. The molecule has 0 spiro atoms. The standard InChI is InChI=1S/C11H13BrN4S/c1-13-7-9-14-6-5-10(15-9)16(2)11-4-3-8(12)17-11/h3-6,13H,7H2,1-2H3. The highest BCUT2D eigenvalue weighted by molar-refractivity contribution is 9.11. The van der Waals surface area contributed by atoms with Gasteiger partial charge in [0.2, 0.25) is 0 Å². The van der Waals surface area contributed by atoms with Gasteiger partial charge in [0.1, 0.15) is 11.6 Å². The summed E-state index contributed by atoms with van der Waals surface area (Å²) in [5, 5.41) is 4.19. The second-order valence-electron chi connectivity index (χ2n) is 3.50. The van der Waals surface area contributed by atoms with Crippen LogP contribution in [0.4, 0.5) is 10.8 Å². The van der Waals surface area contributed by atoms with E-state index in [0.29, 0.717) is 6.54 Å². The van der Waals surface area contributed by atoms with Gasteiger partial charge in [-0.1, -0.05) is 0 Å². The third-order valence-electron chi connectivity index (χ3n) is 2.26. The molecule has 0 aliphatic rings. The number of anilines is 2. The average Bonchev–Trinajstić information content (AvgIpc) is 2.76. The number of hydrogen-bond acceptors (Lipinski definition) is 5. The van der Waals surface area contributed by atoms with Crippen LogP contribution in [0.1, 0.15) is 5.82 Å². The van der Waals surface area contributed by atoms with Gasteiger partial charge in [0.25, 0.3) is 0 Å². The number of thiophene rings is 1. The third kappa shape index (κ3) is 3.02. The first kappa shape index (κ1) is 12.5. The highest BCUT2D eigenvalue weighted by atomic mass is 79.9. The quantitative estimate of drug-likeness (QED) is 0.942. The number of hydrogen-bond donors (Lipinski definition) is 1. The van der Waals surface area contributed by atoms with Crippen LogP contribution in [0.3, 0.4) is 0 Å². The maximum absolute atomic E-state index is 4.49. The molecule has 4 nitrogen and oxygen atoms in total. The number of rotatable bonds is 4. The van der Waals surface area contributed by atoms with Crippen molar-refractivity contribution in [2.45, 2.75) is 6.54 Å². The summed E-state index contributed by atoms with van der Waals surface area (Å²) < 4.78 is 1.11. The van der Waals surface area contributed by atoms with E-state index in [4.69, 9.17) is 0 Å². The van der Waals surface area contributed by atoms with Gasteiger partial charge in [-0.25, -0.2) is 9.97 Å². The molecule has 2 aromatic rings. The highest BCUT2D eigenvalue weighted by Gasteiger charge is 2.08. The van der Waals surface area contributed by atoms with Gasteiger partial charge in [-0.05, 0) is 41.2 Å². The maximum atomic E-state index is 4.49. The van der Waals surface area contributed by atoms with Crippen molar-refractivity contribution in [2.75, 3.05) is 19.0 Å². The summed E-state index contributed by atoms with van der Waals surface area (Å²) in [5.41, 5.74) is 0. The van der Waals surface area contributed by atoms with Gasteiger partial charge in [-0.15, -0.1) is 11.3 Å². The van der Waals surface area contributed by atoms with Crippen molar-refractivity contribution in [3.05, 3.63) is 34.0 Å². The Morgan fingerprint density at radius 1 is 1.41 bits per heavy atom. The number of nitrogens with zero attached hydrogens (tertiary/aromatic N) is 3. The fourth-order valence-electron chi connectivity index (χ4n) is 1.42. The number of aromatic nitrogens is 2. The first-order chi connectivity index (χ1) is 8.20. The van der Waals surface area contributed by atoms with E-state index < -0.39 is 0 Å². The van der Waals surface area contributed by atoms with Crippen LogP contribution in [0, 0.1) is 0 Å². The molecule has 0 saturated carbocycles. The summed E-state index contributed by atoms with van der Waals surface area (Å²) >= 11 is 5.14. The van der Waals surface area contributed by atoms with E-state index in [1.807, 2.05) is 26.2 Å². The molecule has 0 unspecified atom stereocenters. The molecule has 17 heavy (non-hydrogen) atoms. The monoisotopic (exact) mass is 312 g/mol. The Morgan fingerprint density at radius 2 is 2.24 bits per heavy atom. The molecule has 0 aliphatic heterocycles. The molecule has 0 amide bonds. The Hall–Kier alpha value is -0.980. The van der Waals surface area contributed by atoms with Gasteiger partial charge in [-0.3, -0.25) is 0 Å². The van der Waals surface area contributed by atoms with Crippen molar-refractivity contribution in [1.29, 1.82) is 0 Å². The summed E-state index contributed by atoms with van der Waals surface area (Å²) in [7, 11) is 3.89. The second kappa shape index (κ2) is 5.57. The zero-order chi connectivity index (χ0) is 12.3. The van der Waals surface area contributed by atoms with Crippen LogP contribution >= 0.6 is 27.3 Å². The Kier molecular flexibility index (Phi) is 4.09. The van der Waals surface area contributed by atoms with Crippen molar-refractivity contribution in [3.8, 4) is 0 Å². The minimum Gasteiger partial charge on any atom is -0.321 e. The summed E-state index contributed by atoms with van der Waals surface area (Å²) in [6.45, 7) is 0.676. The van der Waals surface area contributed by atoms with Crippen LogP contribution in [0.2, 0.25) is 0 Å². The van der Waals surface area contributed by atoms with Crippen molar-refractivity contribution in [2.24, 2.45) is 0 Å². The first-order valence-electron chi connectivity index (χ1n) is 5.16. The van der Waals surface area contributed by atoms with Gasteiger partial charge in [0.15, 0.2) is 0 Å². The normalized spacial score (nSPS) is 10.5. The molecule has 0 saturated heterocycles. The topological polar surface area (TPSA) is 41.1 Å². The first-order valence-corrected chi connectivity index (χ1v) is 6.77. The van der Waals surface area contributed by atoms with E-state index in [1.165, 1.54) is 0 Å². The Labute approximate surface area is 113 Å². The average molecular weight is 313 g/mol. The predicted molar refractivity (Wildman–Crippen MR) is 74.9 cm³/mol. The molecule has 0 aromatic carbocycles. The lowest BCUT2D eigenvalue weighted by Crippen LogP contribution is -2.14. The van der Waals surface area contributed by atoms with Gasteiger partial charge < -0.3 is 10.2 Å². The SMILES string of the molecule is CNCc1nccc(N(C)c2ccc(Br)s2)n1. The molecular formula is C11H13BrN4S. The van der Waals surface area contributed by atoms with E-state index in [1.54, 1.807) is 17.5 Å². The van der Waals surface area contributed by atoms with Crippen molar-refractivity contribution in [1.82, 2.24) is 15.3 Å². The molecule has 0 radical (unpaired) electrons. The molecule has 2 rings (SSSR count). The van der Waals surface area contributed by atoms with Gasteiger partial charge in [0, 0.05) is 13.2 Å². The van der Waals surface area contributed by atoms with Crippen LogP contribution in [-0.4, -0.2) is 24.1 Å². The van der Waals surface area contributed by atoms with Crippen molar-refractivity contribution < 1.29 is 0 Å². The van der Waals surface area contributed by atoms with E-state index in [0.717, 1.165) is 20.4 Å². The van der Waals surface area contributed by atoms with Gasteiger partial charge in [0.05, 0.1) is 15.3 Å². The summed E-state index contributed by atoms with van der Waals surface area (Å²) in [5.74, 6) is 1.70. The summed E-state index contributed by atoms with van der Waals surface area (Å²) in [4.78, 5) is 10.7. The van der Waals surface area contributed by atoms with Crippen LogP contribution in [0.25, 0.3) is 0 Å². The molecular weight excluding hydrogens is 300 g/mol. The number of nitrogens with one attached hydrogen (secondary N) is 1. The van der Waals surface area contributed by atoms with Crippen LogP contribution in [0.5, 0.6) is 0 Å². The molecule has 0 atom stereocenters. The van der Waals surface area contributed by atoms with E-state index in [2.05, 4.69) is 42.2 Å². The molecule has 0 fully saturated rings. The number of halogens is 1. The lowest BCUT2D eigenvalue weighted by atomic mass is 10.4. The predicted octanol–water partition coefficient (Wildman–Crippen LogP) is 2.79. The van der Waals surface area contributed by atoms with Crippen molar-refractivity contribution in [3.63, 3.8) is 0 Å². The molecule has 0 aliphatic carbocycles. The fourth-order valence-corrected chi connectivity index (χ4v) is 2.75. The molecule has 0 bridgehead atoms. The van der Waals surface area contributed by atoms with Gasteiger partial charge in [-0.2, -0.15) is 0 Å². The molecule has 2 aromatic heterocycles. The lowest BCUT2D eigenvalue weighted by Gasteiger charge is -2.16. The molecule has 90 valence electrons. The molecule has 6 heteroatoms. The molecule has 1 N–H and O–H groups in total. The summed E-state index contributed by atoms with van der Waals surface area (Å²) in [6, 6.07) is 6.01. The van der Waals surface area contributed by atoms with Crippen LogP contribution in [0.15, 0.2) is 28.2 Å². The van der Waals surface area contributed by atoms with E-state index in [-0.39, 0.29) is 0 Å². The highest BCUT2D eigenvalue weighted by Crippen LogP contribution is 2.32. The largest absolute Gasteiger partial charge is 0.321 e. The minimum atomic E-state index is 0.676. The summed E-state index contributed by atoms with van der Waals surface area (Å²) in [6.07, 6.45) is 1.79. The second-order valence-corrected chi connectivity index (χ2v) is 5.94. The van der Waals surface area contributed by atoms with Gasteiger partial charge >= 0.3 is 0 Å². The minimum absolute atomic E-state index is 0.676. The fraction of sp³-hybridized carbons (Fsp3) is 0.273.